The molecule has 0 bridgehead atoms. The predicted octanol–water partition coefficient (Wildman–Crippen LogP) is 4.21. The molecule has 0 heterocycles. The van der Waals surface area contributed by atoms with Crippen LogP contribution in [0.25, 0.3) is 0 Å². The lowest BCUT2D eigenvalue weighted by atomic mass is 10.2. The molecule has 1 amide bonds. The van der Waals surface area contributed by atoms with Crippen LogP contribution in [0.3, 0.4) is 0 Å². The van der Waals surface area contributed by atoms with Crippen LogP contribution in [0.5, 0.6) is 0 Å². The van der Waals surface area contributed by atoms with Crippen LogP contribution in [0.2, 0.25) is 0 Å². The van der Waals surface area contributed by atoms with Crippen molar-refractivity contribution >= 4 is 29.0 Å². The highest BCUT2D eigenvalue weighted by Gasteiger charge is 2.22. The summed E-state index contributed by atoms with van der Waals surface area (Å²) < 4.78 is 5.50. The zero-order valence-corrected chi connectivity index (χ0v) is 13.2. The fourth-order valence-electron chi connectivity index (χ4n) is 1.84. The summed E-state index contributed by atoms with van der Waals surface area (Å²) in [4.78, 5) is 14.2. The van der Waals surface area contributed by atoms with Gasteiger partial charge in [0.25, 0.3) is 11.1 Å². The maximum Gasteiger partial charge on any atom is 0.271 e. The van der Waals surface area contributed by atoms with Gasteiger partial charge in [-0.3, -0.25) is 4.79 Å². The SMILES string of the molecule is C=C(C)COC(=S)N(C(=O)c1ccccc1)c1ccccc1. The average Bonchev–Trinajstić information content (AvgIpc) is 2.55. The Morgan fingerprint density at radius 1 is 1.09 bits per heavy atom. The molecule has 0 radical (unpaired) electrons. The minimum absolute atomic E-state index is 0.114. The van der Waals surface area contributed by atoms with Gasteiger partial charge in [0, 0.05) is 5.56 Å². The summed E-state index contributed by atoms with van der Waals surface area (Å²) in [5.41, 5.74) is 2.05. The van der Waals surface area contributed by atoms with E-state index in [1.807, 2.05) is 55.5 Å². The molecule has 4 heteroatoms. The summed E-state index contributed by atoms with van der Waals surface area (Å²) in [6, 6.07) is 18.2. The van der Waals surface area contributed by atoms with Crippen molar-refractivity contribution in [2.45, 2.75) is 6.92 Å². The van der Waals surface area contributed by atoms with Crippen molar-refractivity contribution in [2.75, 3.05) is 11.5 Å². The van der Waals surface area contributed by atoms with Gasteiger partial charge in [0.05, 0.1) is 5.69 Å². The van der Waals surface area contributed by atoms with Gasteiger partial charge in [0.2, 0.25) is 0 Å². The number of hydrogen-bond donors (Lipinski definition) is 0. The summed E-state index contributed by atoms with van der Waals surface area (Å²) in [7, 11) is 0. The number of carbonyl (C=O) groups is 1. The molecule has 0 saturated carbocycles. The Hall–Kier alpha value is -2.46. The molecule has 0 aliphatic rings. The summed E-state index contributed by atoms with van der Waals surface area (Å²) >= 11 is 5.29. The molecule has 0 fully saturated rings. The molecule has 0 unspecified atom stereocenters. The molecule has 0 spiro atoms. The lowest BCUT2D eigenvalue weighted by Gasteiger charge is -2.23. The van der Waals surface area contributed by atoms with Gasteiger partial charge in [-0.05, 0) is 49.0 Å². The smallest absolute Gasteiger partial charge is 0.271 e. The number of rotatable bonds is 4. The van der Waals surface area contributed by atoms with Crippen LogP contribution in [-0.4, -0.2) is 17.7 Å². The number of para-hydroxylation sites is 1. The third-order valence-corrected chi connectivity index (χ3v) is 3.16. The first-order valence-corrected chi connectivity index (χ1v) is 7.26. The highest BCUT2D eigenvalue weighted by Crippen LogP contribution is 2.18. The number of ether oxygens (including phenoxy) is 1. The second kappa shape index (κ2) is 7.52. The van der Waals surface area contributed by atoms with Crippen molar-refractivity contribution in [3.05, 3.63) is 78.4 Å². The molecule has 2 aromatic rings. The molecular formula is C18H17NO2S. The van der Waals surface area contributed by atoms with Crippen molar-refractivity contribution in [3.63, 3.8) is 0 Å². The maximum absolute atomic E-state index is 12.8. The second-order valence-electron chi connectivity index (χ2n) is 4.85. The molecule has 2 rings (SSSR count). The monoisotopic (exact) mass is 311 g/mol. The molecule has 0 saturated heterocycles. The second-order valence-corrected chi connectivity index (χ2v) is 5.20. The third kappa shape index (κ3) is 4.02. The van der Waals surface area contributed by atoms with E-state index in [0.717, 1.165) is 5.57 Å². The Labute approximate surface area is 135 Å². The van der Waals surface area contributed by atoms with Gasteiger partial charge in [-0.1, -0.05) is 43.0 Å². The number of anilines is 1. The first-order chi connectivity index (χ1) is 10.6. The van der Waals surface area contributed by atoms with Crippen molar-refractivity contribution in [2.24, 2.45) is 0 Å². The number of nitrogens with zero attached hydrogens (tertiary/aromatic N) is 1. The average molecular weight is 311 g/mol. The molecule has 0 aliphatic carbocycles. The van der Waals surface area contributed by atoms with Crippen LogP contribution in [0.15, 0.2) is 72.8 Å². The van der Waals surface area contributed by atoms with Crippen LogP contribution in [0, 0.1) is 0 Å². The zero-order chi connectivity index (χ0) is 15.9. The van der Waals surface area contributed by atoms with E-state index in [4.69, 9.17) is 17.0 Å². The lowest BCUT2D eigenvalue weighted by molar-refractivity contribution is 0.0996. The fourth-order valence-corrected chi connectivity index (χ4v) is 2.09. The van der Waals surface area contributed by atoms with E-state index in [2.05, 4.69) is 6.58 Å². The minimum atomic E-state index is -0.224. The summed E-state index contributed by atoms with van der Waals surface area (Å²) in [6.07, 6.45) is 0. The highest BCUT2D eigenvalue weighted by molar-refractivity contribution is 7.80. The highest BCUT2D eigenvalue weighted by atomic mass is 32.1. The van der Waals surface area contributed by atoms with E-state index in [-0.39, 0.29) is 17.7 Å². The lowest BCUT2D eigenvalue weighted by Crippen LogP contribution is -2.37. The molecule has 3 nitrogen and oxygen atoms in total. The molecule has 0 atom stereocenters. The van der Waals surface area contributed by atoms with E-state index >= 15 is 0 Å². The van der Waals surface area contributed by atoms with Crippen LogP contribution in [0.4, 0.5) is 5.69 Å². The van der Waals surface area contributed by atoms with Crippen molar-refractivity contribution in [1.82, 2.24) is 0 Å². The van der Waals surface area contributed by atoms with Crippen molar-refractivity contribution in [3.8, 4) is 0 Å². The van der Waals surface area contributed by atoms with E-state index in [9.17, 15) is 4.79 Å². The normalized spacial score (nSPS) is 9.86. The fraction of sp³-hybridized carbons (Fsp3) is 0.111. The molecule has 0 aromatic heterocycles. The number of benzene rings is 2. The molecule has 22 heavy (non-hydrogen) atoms. The largest absolute Gasteiger partial charge is 0.466 e. The number of thiocarbonyl (C=S) groups is 1. The first kappa shape index (κ1) is 15.9. The predicted molar refractivity (Wildman–Crippen MR) is 93.1 cm³/mol. The van der Waals surface area contributed by atoms with E-state index < -0.39 is 0 Å². The van der Waals surface area contributed by atoms with E-state index in [1.165, 1.54) is 4.90 Å². The van der Waals surface area contributed by atoms with Gasteiger partial charge in [0.1, 0.15) is 6.61 Å². The molecule has 0 aliphatic heterocycles. The quantitative estimate of drug-likeness (QED) is 0.626. The van der Waals surface area contributed by atoms with Crippen LogP contribution >= 0.6 is 12.2 Å². The topological polar surface area (TPSA) is 29.5 Å². The van der Waals surface area contributed by atoms with Crippen LogP contribution in [-0.2, 0) is 4.74 Å². The van der Waals surface area contributed by atoms with Gasteiger partial charge in [0.15, 0.2) is 0 Å². The Morgan fingerprint density at radius 2 is 1.64 bits per heavy atom. The molecule has 112 valence electrons. The molecule has 0 N–H and O–H groups in total. The Bertz CT molecular complexity index is 668. The number of carbonyl (C=O) groups excluding carboxylic acids is 1. The van der Waals surface area contributed by atoms with Gasteiger partial charge >= 0.3 is 0 Å². The Morgan fingerprint density at radius 3 is 2.18 bits per heavy atom. The number of hydrogen-bond acceptors (Lipinski definition) is 3. The molecular weight excluding hydrogens is 294 g/mol. The van der Waals surface area contributed by atoms with Crippen molar-refractivity contribution in [1.29, 1.82) is 0 Å². The Balaban J connectivity index is 2.32. The zero-order valence-electron chi connectivity index (χ0n) is 12.4. The van der Waals surface area contributed by atoms with E-state index in [1.54, 1.807) is 12.1 Å². The van der Waals surface area contributed by atoms with Gasteiger partial charge in [-0.2, -0.15) is 0 Å². The van der Waals surface area contributed by atoms with Crippen LogP contribution in [0.1, 0.15) is 17.3 Å². The van der Waals surface area contributed by atoms with Crippen molar-refractivity contribution < 1.29 is 9.53 Å². The minimum Gasteiger partial charge on any atom is -0.466 e. The molecule has 2 aromatic carbocycles. The standard InChI is InChI=1S/C18H17NO2S/c1-14(2)13-21-18(22)19(16-11-7-4-8-12-16)17(20)15-9-5-3-6-10-15/h3-12H,1,13H2,2H3. The third-order valence-electron chi connectivity index (χ3n) is 2.86. The number of amides is 1. The van der Waals surface area contributed by atoms with Crippen LogP contribution < -0.4 is 4.90 Å². The van der Waals surface area contributed by atoms with E-state index in [0.29, 0.717) is 11.3 Å². The van der Waals surface area contributed by atoms with Gasteiger partial charge in [-0.15, -0.1) is 0 Å². The first-order valence-electron chi connectivity index (χ1n) is 6.85. The maximum atomic E-state index is 12.8. The Kier molecular flexibility index (Phi) is 5.44. The van der Waals surface area contributed by atoms with Gasteiger partial charge < -0.3 is 4.74 Å². The summed E-state index contributed by atoms with van der Waals surface area (Å²) in [6.45, 7) is 5.90. The van der Waals surface area contributed by atoms with Gasteiger partial charge in [-0.25, -0.2) is 4.90 Å². The summed E-state index contributed by atoms with van der Waals surface area (Å²) in [5, 5.41) is 0.114. The summed E-state index contributed by atoms with van der Waals surface area (Å²) in [5.74, 6) is -0.224.